The second kappa shape index (κ2) is 4.48. The Morgan fingerprint density at radius 3 is 2.19 bits per heavy atom. The van der Waals surface area contributed by atoms with E-state index in [4.69, 9.17) is 9.47 Å². The monoisotopic (exact) mass is 231 g/mol. The highest BCUT2D eigenvalue weighted by molar-refractivity contribution is 5.87. The maximum atomic E-state index is 11.5. The zero-order valence-corrected chi connectivity index (χ0v) is 9.17. The first kappa shape index (κ1) is 12.4. The van der Waals surface area contributed by atoms with Crippen molar-refractivity contribution in [3.05, 3.63) is 0 Å². The van der Waals surface area contributed by atoms with E-state index in [0.717, 1.165) is 18.7 Å². The van der Waals surface area contributed by atoms with Gasteiger partial charge in [0.2, 0.25) is 6.10 Å². The van der Waals surface area contributed by atoms with Gasteiger partial charge in [-0.3, -0.25) is 14.4 Å². The number of carbonyl (C=O) groups excluding carboxylic acids is 3. The number of hydrogen-bond donors (Lipinski definition) is 1. The van der Waals surface area contributed by atoms with Crippen LogP contribution in [0.4, 0.5) is 0 Å². The van der Waals surface area contributed by atoms with Crippen LogP contribution in [0.25, 0.3) is 0 Å². The maximum absolute atomic E-state index is 11.5. The van der Waals surface area contributed by atoms with Crippen LogP contribution in [0.2, 0.25) is 0 Å². The molecule has 0 aromatic carbocycles. The van der Waals surface area contributed by atoms with Crippen molar-refractivity contribution in [3.8, 4) is 0 Å². The SMILES string of the molecule is CC(=O)O[C@H]1C(=O)N(C)C(O)[C@@H]1OC(C)=O. The number of rotatable bonds is 2. The van der Waals surface area contributed by atoms with Gasteiger partial charge >= 0.3 is 11.9 Å². The second-order valence-corrected chi connectivity index (χ2v) is 3.47. The third-order valence-electron chi connectivity index (χ3n) is 2.18. The molecule has 7 heteroatoms. The Bertz CT molecular complexity index is 328. The molecule has 1 fully saturated rings. The van der Waals surface area contributed by atoms with E-state index >= 15 is 0 Å². The number of likely N-dealkylation sites (tertiary alicyclic amines) is 1. The molecule has 0 bridgehead atoms. The molecule has 16 heavy (non-hydrogen) atoms. The molecule has 0 aromatic rings. The lowest BCUT2D eigenvalue weighted by Gasteiger charge is -2.19. The van der Waals surface area contributed by atoms with E-state index in [2.05, 4.69) is 0 Å². The van der Waals surface area contributed by atoms with Crippen molar-refractivity contribution in [3.63, 3.8) is 0 Å². The molecule has 1 amide bonds. The molecule has 0 aliphatic carbocycles. The molecule has 1 unspecified atom stereocenters. The lowest BCUT2D eigenvalue weighted by Crippen LogP contribution is -2.38. The van der Waals surface area contributed by atoms with Crippen LogP contribution in [-0.2, 0) is 23.9 Å². The van der Waals surface area contributed by atoms with Crippen molar-refractivity contribution in [2.75, 3.05) is 7.05 Å². The van der Waals surface area contributed by atoms with Crippen molar-refractivity contribution in [2.45, 2.75) is 32.3 Å². The van der Waals surface area contributed by atoms with E-state index in [0.29, 0.717) is 0 Å². The van der Waals surface area contributed by atoms with Crippen molar-refractivity contribution >= 4 is 17.8 Å². The highest BCUT2D eigenvalue weighted by Crippen LogP contribution is 2.22. The highest BCUT2D eigenvalue weighted by atomic mass is 16.6. The molecule has 0 saturated carbocycles. The van der Waals surface area contributed by atoms with Crippen LogP contribution in [0.1, 0.15) is 13.8 Å². The van der Waals surface area contributed by atoms with Gasteiger partial charge in [-0.25, -0.2) is 0 Å². The number of aliphatic hydroxyl groups is 1. The molecule has 3 atom stereocenters. The van der Waals surface area contributed by atoms with Gasteiger partial charge in [0.05, 0.1) is 0 Å². The largest absolute Gasteiger partial charge is 0.453 e. The molecule has 1 saturated heterocycles. The van der Waals surface area contributed by atoms with E-state index in [9.17, 15) is 19.5 Å². The van der Waals surface area contributed by atoms with Crippen LogP contribution in [0.3, 0.4) is 0 Å². The third kappa shape index (κ3) is 2.30. The van der Waals surface area contributed by atoms with Crippen LogP contribution in [0.5, 0.6) is 0 Å². The van der Waals surface area contributed by atoms with Gasteiger partial charge in [0.1, 0.15) is 0 Å². The molecule has 1 rings (SSSR count). The lowest BCUT2D eigenvalue weighted by molar-refractivity contribution is -0.169. The fourth-order valence-corrected chi connectivity index (χ4v) is 1.46. The summed E-state index contributed by atoms with van der Waals surface area (Å²) in [4.78, 5) is 34.1. The second-order valence-electron chi connectivity index (χ2n) is 3.47. The topological polar surface area (TPSA) is 93.1 Å². The lowest BCUT2D eigenvalue weighted by atomic mass is 10.2. The van der Waals surface area contributed by atoms with Crippen LogP contribution >= 0.6 is 0 Å². The van der Waals surface area contributed by atoms with E-state index in [1.165, 1.54) is 7.05 Å². The Hall–Kier alpha value is -1.63. The van der Waals surface area contributed by atoms with Gasteiger partial charge < -0.3 is 19.5 Å². The summed E-state index contributed by atoms with van der Waals surface area (Å²) in [7, 11) is 1.33. The third-order valence-corrected chi connectivity index (χ3v) is 2.18. The number of ether oxygens (including phenoxy) is 2. The summed E-state index contributed by atoms with van der Waals surface area (Å²) in [5.74, 6) is -1.95. The van der Waals surface area contributed by atoms with Gasteiger partial charge in [-0.2, -0.15) is 0 Å². The molecular weight excluding hydrogens is 218 g/mol. The fourth-order valence-electron chi connectivity index (χ4n) is 1.46. The predicted molar refractivity (Wildman–Crippen MR) is 49.9 cm³/mol. The Kier molecular flexibility index (Phi) is 3.48. The smallest absolute Gasteiger partial charge is 0.303 e. The molecular formula is C9H13NO6. The van der Waals surface area contributed by atoms with Crippen molar-refractivity contribution < 1.29 is 29.0 Å². The Morgan fingerprint density at radius 2 is 1.75 bits per heavy atom. The molecule has 7 nitrogen and oxygen atoms in total. The molecule has 0 spiro atoms. The van der Waals surface area contributed by atoms with E-state index in [1.54, 1.807) is 0 Å². The predicted octanol–water partition coefficient (Wildman–Crippen LogP) is -1.36. The summed E-state index contributed by atoms with van der Waals surface area (Å²) in [6.07, 6.45) is -3.76. The van der Waals surface area contributed by atoms with Crippen molar-refractivity contribution in [2.24, 2.45) is 0 Å². The Labute approximate surface area is 91.9 Å². The Morgan fingerprint density at radius 1 is 1.25 bits per heavy atom. The summed E-state index contributed by atoms with van der Waals surface area (Å²) in [5, 5.41) is 9.60. The van der Waals surface area contributed by atoms with E-state index in [-0.39, 0.29) is 0 Å². The first-order chi connectivity index (χ1) is 7.34. The van der Waals surface area contributed by atoms with Gasteiger partial charge in [-0.15, -0.1) is 0 Å². The number of hydrogen-bond acceptors (Lipinski definition) is 6. The standard InChI is InChI=1S/C9H13NO6/c1-4(11)15-6-7(16-5(2)12)9(14)10(3)8(6)13/h6-8,13H,1-3H3/t6-,7-,8?/m1/s1. The first-order valence-electron chi connectivity index (χ1n) is 4.63. The quantitative estimate of drug-likeness (QED) is 0.590. The van der Waals surface area contributed by atoms with Gasteiger partial charge in [0.15, 0.2) is 12.3 Å². The summed E-state index contributed by atoms with van der Waals surface area (Å²) < 4.78 is 9.46. The molecule has 1 aliphatic heterocycles. The maximum Gasteiger partial charge on any atom is 0.303 e. The van der Waals surface area contributed by atoms with E-state index < -0.39 is 36.3 Å². The van der Waals surface area contributed by atoms with Crippen LogP contribution in [0, 0.1) is 0 Å². The fraction of sp³-hybridized carbons (Fsp3) is 0.667. The average molecular weight is 231 g/mol. The van der Waals surface area contributed by atoms with Gasteiger partial charge in [0, 0.05) is 20.9 Å². The number of likely N-dealkylation sites (N-methyl/N-ethyl adjacent to an activating group) is 1. The number of esters is 2. The summed E-state index contributed by atoms with van der Waals surface area (Å²) >= 11 is 0. The molecule has 1 aliphatic rings. The highest BCUT2D eigenvalue weighted by Gasteiger charge is 2.50. The number of aliphatic hydroxyl groups excluding tert-OH is 1. The van der Waals surface area contributed by atoms with Gasteiger partial charge in [-0.1, -0.05) is 0 Å². The molecule has 0 radical (unpaired) electrons. The first-order valence-corrected chi connectivity index (χ1v) is 4.63. The summed E-state index contributed by atoms with van der Waals surface area (Å²) in [5.41, 5.74) is 0. The molecule has 90 valence electrons. The molecule has 0 aromatic heterocycles. The summed E-state index contributed by atoms with van der Waals surface area (Å²) in [6.45, 7) is 2.27. The normalized spacial score (nSPS) is 29.1. The number of nitrogens with zero attached hydrogens (tertiary/aromatic N) is 1. The zero-order valence-electron chi connectivity index (χ0n) is 9.17. The van der Waals surface area contributed by atoms with Gasteiger partial charge in [-0.05, 0) is 0 Å². The summed E-state index contributed by atoms with van der Waals surface area (Å²) in [6, 6.07) is 0. The number of amides is 1. The average Bonchev–Trinajstić information content (AvgIpc) is 2.34. The van der Waals surface area contributed by atoms with Crippen LogP contribution in [0.15, 0.2) is 0 Å². The Balaban J connectivity index is 2.87. The van der Waals surface area contributed by atoms with Crippen LogP contribution in [-0.4, -0.2) is 53.3 Å². The number of carbonyl (C=O) groups is 3. The van der Waals surface area contributed by atoms with Crippen LogP contribution < -0.4 is 0 Å². The van der Waals surface area contributed by atoms with Crippen molar-refractivity contribution in [1.29, 1.82) is 0 Å². The minimum absolute atomic E-state index is 0.603. The molecule has 1 N–H and O–H groups in total. The van der Waals surface area contributed by atoms with Gasteiger partial charge in [0.25, 0.3) is 5.91 Å². The van der Waals surface area contributed by atoms with E-state index in [1.807, 2.05) is 0 Å². The van der Waals surface area contributed by atoms with Crippen molar-refractivity contribution in [1.82, 2.24) is 4.90 Å². The molecule has 1 heterocycles. The zero-order chi connectivity index (χ0) is 12.5. The minimum atomic E-state index is -1.30. The minimum Gasteiger partial charge on any atom is -0.453 e.